The maximum atomic E-state index is 15.8. The summed E-state index contributed by atoms with van der Waals surface area (Å²) >= 11 is 0. The summed E-state index contributed by atoms with van der Waals surface area (Å²) in [6.07, 6.45) is 24.2. The second-order valence-electron chi connectivity index (χ2n) is 11.5. The summed E-state index contributed by atoms with van der Waals surface area (Å²) in [6.45, 7) is 4.62. The number of hydrogen-bond donors (Lipinski definition) is 0. The molecule has 3 aliphatic carbocycles. The van der Waals surface area contributed by atoms with Crippen LogP contribution in [0.1, 0.15) is 116 Å². The molecule has 1 aromatic carbocycles. The zero-order valence-electron chi connectivity index (χ0n) is 21.3. The van der Waals surface area contributed by atoms with E-state index < -0.39 is 0 Å². The second-order valence-corrected chi connectivity index (χ2v) is 11.5. The molecule has 2 saturated carbocycles. The number of halogens is 1. The standard InChI is InChI=1S/C32H47F/c1-3-5-7-11-26-16-20-29(21-17-26)32(28-18-14-25(10-4-2)15-19-28)23-22-30(31(33)24-32)27-12-8-6-9-13-27/h6,8-9,12-13,22-23,25-26,28-29H,3-5,7,10-11,14-21,24H2,1-2H3/t25-,26-,28-,29-,32?. The quantitative estimate of drug-likeness (QED) is 0.328. The van der Waals surface area contributed by atoms with E-state index in [1.54, 1.807) is 0 Å². The van der Waals surface area contributed by atoms with Gasteiger partial charge >= 0.3 is 0 Å². The molecule has 2 fully saturated rings. The molecule has 0 bridgehead atoms. The first-order valence-corrected chi connectivity index (χ1v) is 14.3. The molecular formula is C32H47F. The van der Waals surface area contributed by atoms with Crippen LogP contribution < -0.4 is 0 Å². The van der Waals surface area contributed by atoms with Crippen LogP contribution in [-0.4, -0.2) is 0 Å². The lowest BCUT2D eigenvalue weighted by atomic mass is 9.54. The predicted octanol–water partition coefficient (Wildman–Crippen LogP) is 10.3. The van der Waals surface area contributed by atoms with Crippen molar-refractivity contribution in [2.75, 3.05) is 0 Å². The van der Waals surface area contributed by atoms with Gasteiger partial charge in [-0.05, 0) is 54.9 Å². The molecule has 3 aliphatic rings. The Morgan fingerprint density at radius 3 is 1.91 bits per heavy atom. The van der Waals surface area contributed by atoms with Crippen molar-refractivity contribution in [2.24, 2.45) is 29.1 Å². The molecule has 1 atom stereocenters. The molecule has 33 heavy (non-hydrogen) atoms. The van der Waals surface area contributed by atoms with Crippen molar-refractivity contribution in [3.8, 4) is 0 Å². The van der Waals surface area contributed by atoms with Crippen molar-refractivity contribution in [3.05, 3.63) is 53.9 Å². The lowest BCUT2D eigenvalue weighted by Gasteiger charge is -2.50. The van der Waals surface area contributed by atoms with Crippen LogP contribution >= 0.6 is 0 Å². The fourth-order valence-corrected chi connectivity index (χ4v) is 7.59. The summed E-state index contributed by atoms with van der Waals surface area (Å²) in [5.74, 6) is 3.28. The Labute approximate surface area is 203 Å². The van der Waals surface area contributed by atoms with Gasteiger partial charge in [0.1, 0.15) is 5.83 Å². The summed E-state index contributed by atoms with van der Waals surface area (Å²) in [5, 5.41) is 0. The zero-order chi connectivity index (χ0) is 23.1. The van der Waals surface area contributed by atoms with Gasteiger partial charge in [-0.15, -0.1) is 0 Å². The Bertz CT molecular complexity index is 774. The first kappa shape index (κ1) is 24.7. The number of allylic oxidation sites excluding steroid dienone is 4. The Hall–Kier alpha value is -1.37. The molecule has 0 nitrogen and oxygen atoms in total. The van der Waals surface area contributed by atoms with Gasteiger partial charge in [-0.1, -0.05) is 121 Å². The van der Waals surface area contributed by atoms with Crippen molar-refractivity contribution in [2.45, 2.75) is 110 Å². The molecular weight excluding hydrogens is 403 g/mol. The summed E-state index contributed by atoms with van der Waals surface area (Å²) in [6, 6.07) is 10.2. The van der Waals surface area contributed by atoms with Gasteiger partial charge in [0, 0.05) is 17.4 Å². The van der Waals surface area contributed by atoms with Crippen molar-refractivity contribution in [1.29, 1.82) is 0 Å². The number of rotatable bonds is 9. The van der Waals surface area contributed by atoms with Crippen molar-refractivity contribution < 1.29 is 4.39 Å². The first-order chi connectivity index (χ1) is 16.2. The zero-order valence-corrected chi connectivity index (χ0v) is 21.3. The molecule has 0 N–H and O–H groups in total. The lowest BCUT2D eigenvalue weighted by Crippen LogP contribution is -2.41. The molecule has 0 radical (unpaired) electrons. The molecule has 0 aliphatic heterocycles. The third kappa shape index (κ3) is 5.83. The maximum Gasteiger partial charge on any atom is 0.109 e. The average molecular weight is 451 g/mol. The maximum absolute atomic E-state index is 15.8. The third-order valence-corrected chi connectivity index (χ3v) is 9.53. The van der Waals surface area contributed by atoms with Gasteiger partial charge in [0.05, 0.1) is 0 Å². The van der Waals surface area contributed by atoms with Gasteiger partial charge in [0.15, 0.2) is 0 Å². The molecule has 4 rings (SSSR count). The van der Waals surface area contributed by atoms with E-state index in [2.05, 4.69) is 38.1 Å². The van der Waals surface area contributed by atoms with Crippen LogP contribution in [0.5, 0.6) is 0 Å². The minimum atomic E-state index is 0.0495. The van der Waals surface area contributed by atoms with Crippen LogP contribution in [0.4, 0.5) is 4.39 Å². The summed E-state index contributed by atoms with van der Waals surface area (Å²) in [7, 11) is 0. The smallest absolute Gasteiger partial charge is 0.109 e. The van der Waals surface area contributed by atoms with Crippen molar-refractivity contribution in [3.63, 3.8) is 0 Å². The average Bonchev–Trinajstić information content (AvgIpc) is 2.86. The van der Waals surface area contributed by atoms with Crippen LogP contribution in [-0.2, 0) is 0 Å². The van der Waals surface area contributed by atoms with E-state index in [9.17, 15) is 0 Å². The SMILES string of the molecule is CCCCC[C@H]1CC[C@H](C2([C@H]3CC[C@H](CCC)CC3)C=CC(c3ccccc3)=C(F)C2)CC1. The number of unbranched alkanes of at least 4 members (excludes halogenated alkanes) is 2. The van der Waals surface area contributed by atoms with E-state index in [-0.39, 0.29) is 11.2 Å². The fourth-order valence-electron chi connectivity index (χ4n) is 7.59. The van der Waals surface area contributed by atoms with Crippen LogP contribution in [0, 0.1) is 29.1 Å². The third-order valence-electron chi connectivity index (χ3n) is 9.53. The number of benzene rings is 1. The Morgan fingerprint density at radius 1 is 0.758 bits per heavy atom. The van der Waals surface area contributed by atoms with Crippen LogP contribution in [0.25, 0.3) is 5.57 Å². The minimum absolute atomic E-state index is 0.0495. The molecule has 1 aromatic rings. The summed E-state index contributed by atoms with van der Waals surface area (Å²) in [5.41, 5.74) is 1.92. The first-order valence-electron chi connectivity index (χ1n) is 14.3. The van der Waals surface area contributed by atoms with E-state index >= 15 is 4.39 Å². The summed E-state index contributed by atoms with van der Waals surface area (Å²) < 4.78 is 15.8. The molecule has 0 saturated heterocycles. The Kier molecular flexibility index (Phi) is 8.89. The monoisotopic (exact) mass is 450 g/mol. The minimum Gasteiger partial charge on any atom is -0.211 e. The van der Waals surface area contributed by atoms with Crippen molar-refractivity contribution in [1.82, 2.24) is 0 Å². The molecule has 0 heterocycles. The highest BCUT2D eigenvalue weighted by Crippen LogP contribution is 2.57. The van der Waals surface area contributed by atoms with E-state index in [0.29, 0.717) is 18.3 Å². The van der Waals surface area contributed by atoms with Gasteiger partial charge in [-0.3, -0.25) is 0 Å². The number of hydrogen-bond acceptors (Lipinski definition) is 0. The topological polar surface area (TPSA) is 0 Å². The van der Waals surface area contributed by atoms with Crippen LogP contribution in [0.2, 0.25) is 0 Å². The van der Waals surface area contributed by atoms with E-state index in [0.717, 1.165) is 23.0 Å². The van der Waals surface area contributed by atoms with E-state index in [1.807, 2.05) is 18.2 Å². The highest BCUT2D eigenvalue weighted by Gasteiger charge is 2.47. The predicted molar refractivity (Wildman–Crippen MR) is 141 cm³/mol. The molecule has 1 heteroatoms. The van der Waals surface area contributed by atoms with Gasteiger partial charge in [-0.25, -0.2) is 4.39 Å². The fraction of sp³-hybridized carbons (Fsp3) is 0.688. The molecule has 182 valence electrons. The van der Waals surface area contributed by atoms with E-state index in [1.165, 1.54) is 89.9 Å². The Morgan fingerprint density at radius 2 is 1.36 bits per heavy atom. The molecule has 0 amide bonds. The van der Waals surface area contributed by atoms with Gasteiger partial charge in [0.2, 0.25) is 0 Å². The lowest BCUT2D eigenvalue weighted by molar-refractivity contribution is 0.0409. The second kappa shape index (κ2) is 11.9. The van der Waals surface area contributed by atoms with E-state index in [4.69, 9.17) is 0 Å². The van der Waals surface area contributed by atoms with Gasteiger partial charge in [0.25, 0.3) is 0 Å². The molecule has 1 unspecified atom stereocenters. The normalized spacial score (nSPS) is 32.8. The van der Waals surface area contributed by atoms with Crippen molar-refractivity contribution >= 4 is 5.57 Å². The largest absolute Gasteiger partial charge is 0.211 e. The molecule has 0 aromatic heterocycles. The molecule has 0 spiro atoms. The highest BCUT2D eigenvalue weighted by atomic mass is 19.1. The Balaban J connectivity index is 1.51. The summed E-state index contributed by atoms with van der Waals surface area (Å²) in [4.78, 5) is 0. The van der Waals surface area contributed by atoms with Gasteiger partial charge in [-0.2, -0.15) is 0 Å². The van der Waals surface area contributed by atoms with Crippen LogP contribution in [0.15, 0.2) is 48.3 Å². The highest BCUT2D eigenvalue weighted by molar-refractivity contribution is 5.77. The van der Waals surface area contributed by atoms with Gasteiger partial charge < -0.3 is 0 Å². The van der Waals surface area contributed by atoms with Crippen LogP contribution in [0.3, 0.4) is 0 Å².